The Balaban J connectivity index is 1.22. The SMILES string of the molecule is O=C(NCC(c1ccccn1)N1CCOCC1)NC12CC3CC(CC(C3)C1)C2. The Labute approximate surface area is 167 Å². The number of amides is 2. The minimum absolute atomic E-state index is 0.00357. The third-order valence-corrected chi connectivity index (χ3v) is 7.39. The third-order valence-electron chi connectivity index (χ3n) is 7.39. The summed E-state index contributed by atoms with van der Waals surface area (Å²) in [6, 6.07) is 6.10. The van der Waals surface area contributed by atoms with Gasteiger partial charge < -0.3 is 15.4 Å². The number of rotatable bonds is 5. The molecule has 2 N–H and O–H groups in total. The Bertz CT molecular complexity index is 654. The average Bonchev–Trinajstić information content (AvgIpc) is 2.68. The molecule has 6 nitrogen and oxygen atoms in total. The predicted molar refractivity (Wildman–Crippen MR) is 107 cm³/mol. The van der Waals surface area contributed by atoms with E-state index in [9.17, 15) is 4.79 Å². The van der Waals surface area contributed by atoms with Gasteiger partial charge in [0.05, 0.1) is 24.9 Å². The normalized spacial score (nSPS) is 35.5. The molecular formula is C22H32N4O2. The van der Waals surface area contributed by atoms with Gasteiger partial charge in [0.1, 0.15) is 0 Å². The molecule has 1 aromatic heterocycles. The number of carbonyl (C=O) groups is 1. The van der Waals surface area contributed by atoms with Gasteiger partial charge in [-0.3, -0.25) is 9.88 Å². The van der Waals surface area contributed by atoms with E-state index in [4.69, 9.17) is 4.74 Å². The number of nitrogens with one attached hydrogen (secondary N) is 2. The molecule has 1 aliphatic heterocycles. The Morgan fingerprint density at radius 1 is 1.14 bits per heavy atom. The second-order valence-electron chi connectivity index (χ2n) is 9.45. The van der Waals surface area contributed by atoms with Crippen LogP contribution in [-0.2, 0) is 4.74 Å². The molecule has 6 heteroatoms. The molecule has 5 aliphatic rings. The van der Waals surface area contributed by atoms with Crippen molar-refractivity contribution >= 4 is 6.03 Å². The fraction of sp³-hybridized carbons (Fsp3) is 0.727. The molecule has 1 aromatic rings. The van der Waals surface area contributed by atoms with Crippen LogP contribution in [0.5, 0.6) is 0 Å². The average molecular weight is 385 g/mol. The summed E-state index contributed by atoms with van der Waals surface area (Å²) >= 11 is 0. The number of ether oxygens (including phenoxy) is 1. The first-order valence-corrected chi connectivity index (χ1v) is 11.0. The second-order valence-corrected chi connectivity index (χ2v) is 9.45. The first-order valence-electron chi connectivity index (χ1n) is 11.0. The fourth-order valence-electron chi connectivity index (χ4n) is 6.62. The monoisotopic (exact) mass is 384 g/mol. The van der Waals surface area contributed by atoms with Gasteiger partial charge in [-0.25, -0.2) is 4.79 Å². The van der Waals surface area contributed by atoms with Crippen LogP contribution < -0.4 is 10.6 Å². The summed E-state index contributed by atoms with van der Waals surface area (Å²) in [5, 5.41) is 6.60. The van der Waals surface area contributed by atoms with Crippen LogP contribution in [0, 0.1) is 17.8 Å². The van der Waals surface area contributed by atoms with Crippen molar-refractivity contribution in [3.63, 3.8) is 0 Å². The van der Waals surface area contributed by atoms with Gasteiger partial charge in [-0.05, 0) is 68.4 Å². The molecule has 6 rings (SSSR count). The number of morpholine rings is 1. The molecular weight excluding hydrogens is 352 g/mol. The van der Waals surface area contributed by atoms with E-state index < -0.39 is 0 Å². The summed E-state index contributed by atoms with van der Waals surface area (Å²) in [4.78, 5) is 19.8. The van der Waals surface area contributed by atoms with Crippen molar-refractivity contribution < 1.29 is 9.53 Å². The summed E-state index contributed by atoms with van der Waals surface area (Å²) < 4.78 is 5.51. The third kappa shape index (κ3) is 3.77. The molecule has 0 spiro atoms. The lowest BCUT2D eigenvalue weighted by atomic mass is 9.53. The van der Waals surface area contributed by atoms with Crippen molar-refractivity contribution in [3.05, 3.63) is 30.1 Å². The smallest absolute Gasteiger partial charge is 0.315 e. The largest absolute Gasteiger partial charge is 0.379 e. The topological polar surface area (TPSA) is 66.5 Å². The van der Waals surface area contributed by atoms with Gasteiger partial charge in [-0.2, -0.15) is 0 Å². The zero-order valence-corrected chi connectivity index (χ0v) is 16.6. The lowest BCUT2D eigenvalue weighted by Gasteiger charge is -2.56. The summed E-state index contributed by atoms with van der Waals surface area (Å²) in [5.74, 6) is 2.50. The van der Waals surface area contributed by atoms with Crippen LogP contribution in [0.4, 0.5) is 4.79 Å². The van der Waals surface area contributed by atoms with Gasteiger partial charge in [0.2, 0.25) is 0 Å². The molecule has 0 radical (unpaired) electrons. The van der Waals surface area contributed by atoms with Gasteiger partial charge in [0.25, 0.3) is 0 Å². The lowest BCUT2D eigenvalue weighted by Crippen LogP contribution is -2.61. The van der Waals surface area contributed by atoms with Crippen molar-refractivity contribution in [2.75, 3.05) is 32.8 Å². The number of hydrogen-bond donors (Lipinski definition) is 2. The van der Waals surface area contributed by atoms with Crippen molar-refractivity contribution in [2.24, 2.45) is 17.8 Å². The van der Waals surface area contributed by atoms with E-state index in [0.29, 0.717) is 6.54 Å². The second kappa shape index (κ2) is 7.64. The highest BCUT2D eigenvalue weighted by Gasteiger charge is 2.51. The summed E-state index contributed by atoms with van der Waals surface area (Å²) in [7, 11) is 0. The Kier molecular flexibility index (Phi) is 5.01. The van der Waals surface area contributed by atoms with Crippen molar-refractivity contribution in [1.82, 2.24) is 20.5 Å². The number of pyridine rings is 1. The Hall–Kier alpha value is -1.66. The molecule has 1 atom stereocenters. The molecule has 4 bridgehead atoms. The fourth-order valence-corrected chi connectivity index (χ4v) is 6.62. The molecule has 4 aliphatic carbocycles. The Morgan fingerprint density at radius 3 is 2.43 bits per heavy atom. The standard InChI is InChI=1S/C22H32N4O2/c27-21(25-22-12-16-9-17(13-22)11-18(10-16)14-22)24-15-20(19-3-1-2-4-23-19)26-5-7-28-8-6-26/h1-4,16-18,20H,5-15H2,(H2,24,25,27). The van der Waals surface area contributed by atoms with Crippen LogP contribution in [0.3, 0.4) is 0 Å². The van der Waals surface area contributed by atoms with Crippen LogP contribution in [0.25, 0.3) is 0 Å². The molecule has 1 unspecified atom stereocenters. The zero-order chi connectivity index (χ0) is 19.0. The van der Waals surface area contributed by atoms with Gasteiger partial charge in [0, 0.05) is 31.4 Å². The van der Waals surface area contributed by atoms with Crippen LogP contribution >= 0.6 is 0 Å². The molecule has 1 saturated heterocycles. The van der Waals surface area contributed by atoms with Crippen LogP contribution in [0.15, 0.2) is 24.4 Å². The molecule has 2 amide bonds. The number of carbonyl (C=O) groups excluding carboxylic acids is 1. The van der Waals surface area contributed by atoms with E-state index >= 15 is 0 Å². The lowest BCUT2D eigenvalue weighted by molar-refractivity contribution is -0.0138. The van der Waals surface area contributed by atoms with E-state index in [1.807, 2.05) is 18.3 Å². The maximum absolute atomic E-state index is 12.9. The molecule has 28 heavy (non-hydrogen) atoms. The number of nitrogens with zero attached hydrogens (tertiary/aromatic N) is 2. The molecule has 5 fully saturated rings. The van der Waals surface area contributed by atoms with Crippen LogP contribution in [0.2, 0.25) is 0 Å². The number of hydrogen-bond acceptors (Lipinski definition) is 4. The first-order chi connectivity index (χ1) is 13.7. The van der Waals surface area contributed by atoms with Gasteiger partial charge in [0.15, 0.2) is 0 Å². The highest BCUT2D eigenvalue weighted by atomic mass is 16.5. The van der Waals surface area contributed by atoms with E-state index in [-0.39, 0.29) is 17.6 Å². The minimum Gasteiger partial charge on any atom is -0.379 e. The predicted octanol–water partition coefficient (Wildman–Crippen LogP) is 2.72. The molecule has 2 heterocycles. The first kappa shape index (κ1) is 18.4. The molecule has 152 valence electrons. The summed E-state index contributed by atoms with van der Waals surface area (Å²) in [6.45, 7) is 3.81. The van der Waals surface area contributed by atoms with E-state index in [0.717, 1.165) is 49.8 Å². The maximum Gasteiger partial charge on any atom is 0.315 e. The summed E-state index contributed by atoms with van der Waals surface area (Å²) in [6.07, 6.45) is 9.54. The summed E-state index contributed by atoms with van der Waals surface area (Å²) in [5.41, 5.74) is 1.07. The van der Waals surface area contributed by atoms with Gasteiger partial charge in [-0.1, -0.05) is 6.07 Å². The molecule has 4 saturated carbocycles. The van der Waals surface area contributed by atoms with Crippen molar-refractivity contribution in [1.29, 1.82) is 0 Å². The highest BCUT2D eigenvalue weighted by Crippen LogP contribution is 2.55. The van der Waals surface area contributed by atoms with E-state index in [1.54, 1.807) is 0 Å². The number of aromatic nitrogens is 1. The van der Waals surface area contributed by atoms with Gasteiger partial charge in [-0.15, -0.1) is 0 Å². The van der Waals surface area contributed by atoms with Crippen LogP contribution in [-0.4, -0.2) is 54.3 Å². The quantitative estimate of drug-likeness (QED) is 0.819. The Morgan fingerprint density at radius 2 is 1.82 bits per heavy atom. The van der Waals surface area contributed by atoms with E-state index in [1.165, 1.54) is 38.5 Å². The van der Waals surface area contributed by atoms with E-state index in [2.05, 4.69) is 26.6 Å². The zero-order valence-electron chi connectivity index (χ0n) is 16.6. The highest BCUT2D eigenvalue weighted by molar-refractivity contribution is 5.75. The van der Waals surface area contributed by atoms with Crippen molar-refractivity contribution in [2.45, 2.75) is 50.1 Å². The van der Waals surface area contributed by atoms with Crippen molar-refractivity contribution in [3.8, 4) is 0 Å². The number of urea groups is 1. The van der Waals surface area contributed by atoms with Crippen LogP contribution in [0.1, 0.15) is 50.3 Å². The maximum atomic E-state index is 12.9. The minimum atomic E-state index is -0.00357. The molecule has 0 aromatic carbocycles. The van der Waals surface area contributed by atoms with Gasteiger partial charge >= 0.3 is 6.03 Å².